The Morgan fingerprint density at radius 3 is 2.03 bits per heavy atom. The van der Waals surface area contributed by atoms with Gasteiger partial charge < -0.3 is 0 Å². The van der Waals surface area contributed by atoms with Crippen molar-refractivity contribution in [2.45, 2.75) is 12.3 Å². The molecule has 0 aliphatic heterocycles. The van der Waals surface area contributed by atoms with E-state index in [1.54, 1.807) is 24.3 Å². The van der Waals surface area contributed by atoms with Crippen LogP contribution in [-0.4, -0.2) is 5.78 Å². The predicted molar refractivity (Wildman–Crippen MR) is 128 cm³/mol. The van der Waals surface area contributed by atoms with Crippen molar-refractivity contribution < 1.29 is 4.79 Å². The normalized spacial score (nSPS) is 12.1. The van der Waals surface area contributed by atoms with Gasteiger partial charge in [0.1, 0.15) is 0 Å². The van der Waals surface area contributed by atoms with E-state index in [9.17, 15) is 4.79 Å². The van der Waals surface area contributed by atoms with Gasteiger partial charge in [0.05, 0.1) is 26.0 Å². The molecule has 4 aromatic rings. The van der Waals surface area contributed by atoms with Crippen LogP contribution in [0.5, 0.6) is 0 Å². The minimum atomic E-state index is -0.446. The summed E-state index contributed by atoms with van der Waals surface area (Å²) in [5.74, 6) is -0.441. The number of rotatable bonds is 5. The van der Waals surface area contributed by atoms with Crippen LogP contribution in [0.3, 0.4) is 0 Å². The van der Waals surface area contributed by atoms with Gasteiger partial charge in [-0.2, -0.15) is 0 Å². The molecule has 0 N–H and O–H groups in total. The Balaban J connectivity index is 1.77. The molecule has 1 nitrogen and oxygen atoms in total. The number of carbonyl (C=O) groups is 1. The maximum atomic E-state index is 13.6. The van der Waals surface area contributed by atoms with Gasteiger partial charge in [-0.1, -0.05) is 94.9 Å². The van der Waals surface area contributed by atoms with Crippen molar-refractivity contribution in [3.05, 3.63) is 116 Å². The number of hydrogen-bond donors (Lipinski definition) is 0. The second-order valence-electron chi connectivity index (χ2n) is 7.10. The molecule has 0 aliphatic rings. The molecule has 0 aromatic heterocycles. The van der Waals surface area contributed by atoms with Crippen molar-refractivity contribution in [3.8, 4) is 0 Å². The van der Waals surface area contributed by atoms with Crippen LogP contribution in [0.15, 0.2) is 78.9 Å². The number of halogens is 4. The highest BCUT2D eigenvalue weighted by molar-refractivity contribution is 6.42. The highest BCUT2D eigenvalue weighted by Gasteiger charge is 2.24. The standard InChI is InChI=1S/C25H16Cl4O/c26-21-9-5-15(12-23(21)28)11-20(18-8-10-22(27)24(29)14-18)25(30)19-7-6-16-3-1-2-4-17(16)13-19/h1-10,12-14,20H,11H2. The van der Waals surface area contributed by atoms with E-state index >= 15 is 0 Å². The van der Waals surface area contributed by atoms with Crippen LogP contribution in [0.2, 0.25) is 20.1 Å². The topological polar surface area (TPSA) is 17.1 Å². The van der Waals surface area contributed by atoms with E-state index < -0.39 is 5.92 Å². The fraction of sp³-hybridized carbons (Fsp3) is 0.0800. The molecular formula is C25H16Cl4O. The highest BCUT2D eigenvalue weighted by Crippen LogP contribution is 2.33. The third kappa shape index (κ3) is 4.50. The number of ketones is 1. The summed E-state index contributed by atoms with van der Waals surface area (Å²) >= 11 is 24.6. The van der Waals surface area contributed by atoms with Crippen LogP contribution in [-0.2, 0) is 6.42 Å². The van der Waals surface area contributed by atoms with Crippen molar-refractivity contribution in [3.63, 3.8) is 0 Å². The molecule has 0 saturated carbocycles. The molecule has 1 atom stereocenters. The Hall–Kier alpha value is -2.03. The zero-order chi connectivity index (χ0) is 21.3. The summed E-state index contributed by atoms with van der Waals surface area (Å²) in [6.07, 6.45) is 0.459. The third-order valence-electron chi connectivity index (χ3n) is 5.12. The average molecular weight is 474 g/mol. The predicted octanol–water partition coefficient (Wildman–Crippen LogP) is 8.66. The molecule has 4 aromatic carbocycles. The summed E-state index contributed by atoms with van der Waals surface area (Å²) in [4.78, 5) is 13.6. The summed E-state index contributed by atoms with van der Waals surface area (Å²) in [6, 6.07) is 24.5. The lowest BCUT2D eigenvalue weighted by Gasteiger charge is -2.18. The zero-order valence-electron chi connectivity index (χ0n) is 15.7. The van der Waals surface area contributed by atoms with Gasteiger partial charge in [-0.05, 0) is 58.7 Å². The van der Waals surface area contributed by atoms with Gasteiger partial charge in [0.2, 0.25) is 0 Å². The summed E-state index contributed by atoms with van der Waals surface area (Å²) in [5, 5.41) is 3.91. The monoisotopic (exact) mass is 472 g/mol. The maximum absolute atomic E-state index is 13.6. The molecule has 0 spiro atoms. The van der Waals surface area contributed by atoms with Gasteiger partial charge in [0.15, 0.2) is 5.78 Å². The van der Waals surface area contributed by atoms with Crippen molar-refractivity contribution in [2.75, 3.05) is 0 Å². The number of benzene rings is 4. The van der Waals surface area contributed by atoms with Crippen LogP contribution in [0.4, 0.5) is 0 Å². The fourth-order valence-corrected chi connectivity index (χ4v) is 4.16. The van der Waals surface area contributed by atoms with Crippen LogP contribution in [0, 0.1) is 0 Å². The second-order valence-corrected chi connectivity index (χ2v) is 8.73. The molecule has 0 fully saturated rings. The molecule has 0 bridgehead atoms. The Morgan fingerprint density at radius 1 is 0.667 bits per heavy atom. The minimum Gasteiger partial charge on any atom is -0.293 e. The average Bonchev–Trinajstić information content (AvgIpc) is 2.75. The van der Waals surface area contributed by atoms with Gasteiger partial charge in [-0.25, -0.2) is 0 Å². The van der Waals surface area contributed by atoms with Crippen LogP contribution >= 0.6 is 46.4 Å². The summed E-state index contributed by atoms with van der Waals surface area (Å²) in [5.41, 5.74) is 2.35. The Labute approximate surface area is 195 Å². The van der Waals surface area contributed by atoms with E-state index in [0.717, 1.165) is 21.9 Å². The van der Waals surface area contributed by atoms with E-state index in [1.165, 1.54) is 0 Å². The van der Waals surface area contributed by atoms with Gasteiger partial charge in [0.25, 0.3) is 0 Å². The molecule has 0 amide bonds. The molecule has 0 heterocycles. The van der Waals surface area contributed by atoms with Gasteiger partial charge in [-0.3, -0.25) is 4.79 Å². The smallest absolute Gasteiger partial charge is 0.170 e. The zero-order valence-corrected chi connectivity index (χ0v) is 18.7. The van der Waals surface area contributed by atoms with Gasteiger partial charge in [-0.15, -0.1) is 0 Å². The molecule has 30 heavy (non-hydrogen) atoms. The Morgan fingerprint density at radius 2 is 1.33 bits per heavy atom. The highest BCUT2D eigenvalue weighted by atomic mass is 35.5. The van der Waals surface area contributed by atoms with Crippen molar-refractivity contribution >= 4 is 63.0 Å². The lowest BCUT2D eigenvalue weighted by Crippen LogP contribution is -2.16. The van der Waals surface area contributed by atoms with E-state index in [1.807, 2.05) is 54.6 Å². The lowest BCUT2D eigenvalue weighted by molar-refractivity contribution is 0.0959. The number of carbonyl (C=O) groups excluding carboxylic acids is 1. The second kappa shape index (κ2) is 8.99. The quantitative estimate of drug-likeness (QED) is 0.265. The van der Waals surface area contributed by atoms with E-state index in [2.05, 4.69) is 0 Å². The first-order chi connectivity index (χ1) is 14.4. The lowest BCUT2D eigenvalue weighted by atomic mass is 9.85. The molecule has 0 radical (unpaired) electrons. The first kappa shape index (κ1) is 21.2. The van der Waals surface area contributed by atoms with Crippen LogP contribution in [0.1, 0.15) is 27.4 Å². The molecule has 1 unspecified atom stereocenters. The summed E-state index contributed by atoms with van der Waals surface area (Å²) in [6.45, 7) is 0. The molecule has 150 valence electrons. The Kier molecular flexibility index (Phi) is 6.36. The number of fused-ring (bicyclic) bond motifs is 1. The molecule has 4 rings (SSSR count). The van der Waals surface area contributed by atoms with Gasteiger partial charge in [0, 0.05) is 5.56 Å². The summed E-state index contributed by atoms with van der Waals surface area (Å²) in [7, 11) is 0. The first-order valence-corrected chi connectivity index (χ1v) is 10.9. The largest absolute Gasteiger partial charge is 0.293 e. The van der Waals surface area contributed by atoms with E-state index in [-0.39, 0.29) is 5.78 Å². The van der Waals surface area contributed by atoms with Crippen molar-refractivity contribution in [1.82, 2.24) is 0 Å². The van der Waals surface area contributed by atoms with E-state index in [4.69, 9.17) is 46.4 Å². The Bertz CT molecular complexity index is 1250. The first-order valence-electron chi connectivity index (χ1n) is 9.34. The number of Topliss-reactive ketones (excluding diaryl/α,β-unsaturated/α-hetero) is 1. The van der Waals surface area contributed by atoms with Crippen LogP contribution < -0.4 is 0 Å². The fourth-order valence-electron chi connectivity index (χ4n) is 3.54. The van der Waals surface area contributed by atoms with Gasteiger partial charge >= 0.3 is 0 Å². The summed E-state index contributed by atoms with van der Waals surface area (Å²) < 4.78 is 0. The molecule has 0 saturated heterocycles. The molecular weight excluding hydrogens is 458 g/mol. The van der Waals surface area contributed by atoms with Crippen molar-refractivity contribution in [2.24, 2.45) is 0 Å². The van der Waals surface area contributed by atoms with Crippen LogP contribution in [0.25, 0.3) is 10.8 Å². The SMILES string of the molecule is O=C(c1ccc2ccccc2c1)C(Cc1ccc(Cl)c(Cl)c1)c1ccc(Cl)c(Cl)c1. The molecule has 5 heteroatoms. The maximum Gasteiger partial charge on any atom is 0.170 e. The third-order valence-corrected chi connectivity index (χ3v) is 6.60. The number of hydrogen-bond acceptors (Lipinski definition) is 1. The molecule has 0 aliphatic carbocycles. The minimum absolute atomic E-state index is 0.00483. The van der Waals surface area contributed by atoms with E-state index in [0.29, 0.717) is 32.1 Å². The van der Waals surface area contributed by atoms with Crippen molar-refractivity contribution in [1.29, 1.82) is 0 Å².